The summed E-state index contributed by atoms with van der Waals surface area (Å²) in [6, 6.07) is 0. The van der Waals surface area contributed by atoms with Gasteiger partial charge in [-0.15, -0.1) is 0 Å². The van der Waals surface area contributed by atoms with Crippen molar-refractivity contribution in [2.45, 2.75) is 12.6 Å². The highest BCUT2D eigenvalue weighted by atomic mass is 16.3. The second-order valence-corrected chi connectivity index (χ2v) is 4.67. The molecule has 1 fully saturated rings. The number of nitrogens with zero attached hydrogens (tertiary/aromatic N) is 3. The summed E-state index contributed by atoms with van der Waals surface area (Å²) in [5.74, 6) is 0.297. The first-order chi connectivity index (χ1) is 8.84. The predicted octanol–water partition coefficient (Wildman–Crippen LogP) is -0.601. The van der Waals surface area contributed by atoms with Gasteiger partial charge in [0.1, 0.15) is 0 Å². The quantitative estimate of drug-likeness (QED) is 0.673. The van der Waals surface area contributed by atoms with Gasteiger partial charge in [0.15, 0.2) is 5.65 Å². The molecule has 6 heteroatoms. The van der Waals surface area contributed by atoms with Gasteiger partial charge in [0.25, 0.3) is 0 Å². The Kier molecular flexibility index (Phi) is 3.22. The average molecular weight is 247 g/mol. The van der Waals surface area contributed by atoms with Crippen molar-refractivity contribution in [3.8, 4) is 0 Å². The fraction of sp³-hybridized carbons (Fsp3) is 0.500. The van der Waals surface area contributed by atoms with Gasteiger partial charge in [0, 0.05) is 44.5 Å². The minimum absolute atomic E-state index is 0.233. The zero-order valence-corrected chi connectivity index (χ0v) is 10.1. The monoisotopic (exact) mass is 247 g/mol. The molecule has 0 bridgehead atoms. The molecule has 1 aliphatic heterocycles. The number of fused-ring (bicyclic) bond motifs is 1. The number of β-amino-alcohol motifs (C(OH)–C–C–N with tert-alkyl or cyclic N) is 1. The van der Waals surface area contributed by atoms with Crippen LogP contribution in [0.1, 0.15) is 5.69 Å². The van der Waals surface area contributed by atoms with Crippen molar-refractivity contribution in [3.05, 3.63) is 30.5 Å². The van der Waals surface area contributed by atoms with Crippen LogP contribution in [0.5, 0.6) is 0 Å². The third-order valence-corrected chi connectivity index (χ3v) is 3.41. The van der Waals surface area contributed by atoms with Crippen LogP contribution in [0.2, 0.25) is 0 Å². The Morgan fingerprint density at radius 1 is 1.44 bits per heavy atom. The number of nitrogens with one attached hydrogen (secondary N) is 2. The van der Waals surface area contributed by atoms with Gasteiger partial charge in [-0.1, -0.05) is 0 Å². The van der Waals surface area contributed by atoms with Gasteiger partial charge in [-0.2, -0.15) is 0 Å². The standard InChI is InChI=1S/C12H17N5O/c18-11-7-15-4-9(11)3-14-5-10-6-16-12-8-13-1-2-17(10)12/h1-2,6,8-9,11,14-15,18H,3-5,7H2. The van der Waals surface area contributed by atoms with E-state index in [0.29, 0.717) is 12.5 Å². The maximum Gasteiger partial charge on any atom is 0.155 e. The van der Waals surface area contributed by atoms with Crippen LogP contribution >= 0.6 is 0 Å². The smallest absolute Gasteiger partial charge is 0.155 e. The van der Waals surface area contributed by atoms with E-state index in [1.807, 2.05) is 16.8 Å². The molecule has 2 aromatic heterocycles. The predicted molar refractivity (Wildman–Crippen MR) is 67.1 cm³/mol. The number of aromatic nitrogens is 3. The van der Waals surface area contributed by atoms with Crippen molar-refractivity contribution >= 4 is 5.65 Å². The lowest BCUT2D eigenvalue weighted by molar-refractivity contribution is 0.146. The number of rotatable bonds is 4. The molecule has 2 aromatic rings. The summed E-state index contributed by atoms with van der Waals surface area (Å²) in [6.45, 7) is 3.14. The fourth-order valence-corrected chi connectivity index (χ4v) is 2.34. The highest BCUT2D eigenvalue weighted by Crippen LogP contribution is 2.08. The molecule has 1 saturated heterocycles. The van der Waals surface area contributed by atoms with Crippen molar-refractivity contribution in [1.82, 2.24) is 25.0 Å². The van der Waals surface area contributed by atoms with Crippen LogP contribution < -0.4 is 10.6 Å². The topological polar surface area (TPSA) is 74.5 Å². The summed E-state index contributed by atoms with van der Waals surface area (Å²) in [4.78, 5) is 8.32. The molecule has 3 heterocycles. The molecule has 1 aliphatic rings. The normalized spacial score (nSPS) is 23.8. The van der Waals surface area contributed by atoms with E-state index >= 15 is 0 Å². The van der Waals surface area contributed by atoms with Gasteiger partial charge in [-0.25, -0.2) is 4.98 Å². The van der Waals surface area contributed by atoms with Crippen LogP contribution in [-0.4, -0.2) is 45.2 Å². The van der Waals surface area contributed by atoms with Crippen LogP contribution in [-0.2, 0) is 6.54 Å². The van der Waals surface area contributed by atoms with Crippen LogP contribution in [0, 0.1) is 5.92 Å². The molecule has 6 nitrogen and oxygen atoms in total. The molecule has 0 aliphatic carbocycles. The van der Waals surface area contributed by atoms with E-state index in [-0.39, 0.29) is 6.10 Å². The first-order valence-corrected chi connectivity index (χ1v) is 6.20. The first-order valence-electron chi connectivity index (χ1n) is 6.20. The maximum absolute atomic E-state index is 9.69. The van der Waals surface area contributed by atoms with Gasteiger partial charge in [0.2, 0.25) is 0 Å². The highest BCUT2D eigenvalue weighted by molar-refractivity contribution is 5.36. The van der Waals surface area contributed by atoms with Gasteiger partial charge < -0.3 is 15.7 Å². The van der Waals surface area contributed by atoms with E-state index in [0.717, 1.165) is 31.0 Å². The van der Waals surface area contributed by atoms with E-state index in [1.54, 1.807) is 12.4 Å². The maximum atomic E-state index is 9.69. The average Bonchev–Trinajstić information content (AvgIpc) is 2.97. The molecule has 3 rings (SSSR count). The zero-order valence-electron chi connectivity index (χ0n) is 10.1. The Balaban J connectivity index is 1.60. The third kappa shape index (κ3) is 2.22. The largest absolute Gasteiger partial charge is 0.391 e. The number of aliphatic hydroxyl groups excluding tert-OH is 1. The first kappa shape index (κ1) is 11.6. The summed E-state index contributed by atoms with van der Waals surface area (Å²) >= 11 is 0. The summed E-state index contributed by atoms with van der Waals surface area (Å²) in [7, 11) is 0. The Morgan fingerprint density at radius 3 is 3.22 bits per heavy atom. The van der Waals surface area contributed by atoms with Crippen molar-refractivity contribution < 1.29 is 5.11 Å². The molecule has 2 unspecified atom stereocenters. The second-order valence-electron chi connectivity index (χ2n) is 4.67. The molecule has 0 saturated carbocycles. The van der Waals surface area contributed by atoms with E-state index in [1.165, 1.54) is 0 Å². The molecule has 0 amide bonds. The lowest BCUT2D eigenvalue weighted by Crippen LogP contribution is -2.30. The lowest BCUT2D eigenvalue weighted by Gasteiger charge is -2.13. The Morgan fingerprint density at radius 2 is 2.39 bits per heavy atom. The molecule has 0 radical (unpaired) electrons. The van der Waals surface area contributed by atoms with E-state index < -0.39 is 0 Å². The summed E-state index contributed by atoms with van der Waals surface area (Å²) in [6.07, 6.45) is 7.03. The van der Waals surface area contributed by atoms with Crippen molar-refractivity contribution in [1.29, 1.82) is 0 Å². The molecule has 2 atom stereocenters. The second kappa shape index (κ2) is 5.01. The highest BCUT2D eigenvalue weighted by Gasteiger charge is 2.24. The van der Waals surface area contributed by atoms with Crippen molar-refractivity contribution in [2.24, 2.45) is 5.92 Å². The Hall–Kier alpha value is -1.50. The molecule has 3 N–H and O–H groups in total. The Labute approximate surface area is 105 Å². The zero-order chi connectivity index (χ0) is 12.4. The summed E-state index contributed by atoms with van der Waals surface area (Å²) in [5, 5.41) is 16.2. The number of aliphatic hydroxyl groups is 1. The van der Waals surface area contributed by atoms with E-state index in [4.69, 9.17) is 0 Å². The molecule has 18 heavy (non-hydrogen) atoms. The molecular formula is C12H17N5O. The number of imidazole rings is 1. The minimum atomic E-state index is -0.233. The van der Waals surface area contributed by atoms with Crippen LogP contribution in [0.15, 0.2) is 24.8 Å². The third-order valence-electron chi connectivity index (χ3n) is 3.41. The van der Waals surface area contributed by atoms with Gasteiger partial charge >= 0.3 is 0 Å². The molecular weight excluding hydrogens is 230 g/mol. The van der Waals surface area contributed by atoms with E-state index in [9.17, 15) is 5.11 Å². The molecule has 0 spiro atoms. The number of hydrogen-bond donors (Lipinski definition) is 3. The lowest BCUT2D eigenvalue weighted by atomic mass is 10.1. The van der Waals surface area contributed by atoms with Crippen LogP contribution in [0.25, 0.3) is 5.65 Å². The minimum Gasteiger partial charge on any atom is -0.391 e. The van der Waals surface area contributed by atoms with Gasteiger partial charge in [0.05, 0.1) is 24.2 Å². The summed E-state index contributed by atoms with van der Waals surface area (Å²) in [5.41, 5.74) is 1.96. The van der Waals surface area contributed by atoms with Crippen LogP contribution in [0.3, 0.4) is 0 Å². The fourth-order valence-electron chi connectivity index (χ4n) is 2.34. The van der Waals surface area contributed by atoms with Gasteiger partial charge in [-0.3, -0.25) is 9.38 Å². The van der Waals surface area contributed by atoms with Crippen molar-refractivity contribution in [3.63, 3.8) is 0 Å². The van der Waals surface area contributed by atoms with Crippen molar-refractivity contribution in [2.75, 3.05) is 19.6 Å². The van der Waals surface area contributed by atoms with Gasteiger partial charge in [-0.05, 0) is 0 Å². The van der Waals surface area contributed by atoms with E-state index in [2.05, 4.69) is 20.6 Å². The SMILES string of the molecule is OC1CNCC1CNCc1cnc2cnccn12. The molecule has 0 aromatic carbocycles. The Bertz CT molecular complexity index is 526. The molecule has 96 valence electrons. The number of hydrogen-bond acceptors (Lipinski definition) is 5. The van der Waals surface area contributed by atoms with Crippen LogP contribution in [0.4, 0.5) is 0 Å². The summed E-state index contributed by atoms with van der Waals surface area (Å²) < 4.78 is 2.02.